The summed E-state index contributed by atoms with van der Waals surface area (Å²) in [6.07, 6.45) is 0.670. The minimum atomic E-state index is 0.140. The molecule has 4 heteroatoms. The molecule has 0 radical (unpaired) electrons. The van der Waals surface area contributed by atoms with Crippen LogP contribution in [0.15, 0.2) is 0 Å². The maximum absolute atomic E-state index is 11.4. The summed E-state index contributed by atoms with van der Waals surface area (Å²) in [4.78, 5) is 13.2. The van der Waals surface area contributed by atoms with E-state index >= 15 is 0 Å². The van der Waals surface area contributed by atoms with Crippen LogP contribution in [0.5, 0.6) is 0 Å². The summed E-state index contributed by atoms with van der Waals surface area (Å²) in [6, 6.07) is 0. The third-order valence-corrected chi connectivity index (χ3v) is 1.89. The lowest BCUT2D eigenvalue weighted by Gasteiger charge is -2.17. The number of ether oxygens (including phenoxy) is 1. The number of hydrogen-bond acceptors (Lipinski definition) is 3. The van der Waals surface area contributed by atoms with E-state index in [1.54, 1.807) is 4.90 Å². The van der Waals surface area contributed by atoms with Crippen LogP contribution in [0.1, 0.15) is 20.3 Å². The average Bonchev–Trinajstić information content (AvgIpc) is 2.13. The van der Waals surface area contributed by atoms with E-state index in [4.69, 9.17) is 4.74 Å². The minimum absolute atomic E-state index is 0.140. The zero-order chi connectivity index (χ0) is 11.0. The third kappa shape index (κ3) is 6.86. The lowest BCUT2D eigenvalue weighted by molar-refractivity contribution is -0.131. The number of carbonyl (C=O) groups excluding carboxylic acids is 1. The molecule has 0 aromatic rings. The van der Waals surface area contributed by atoms with Crippen LogP contribution >= 0.6 is 0 Å². The Bertz CT molecular complexity index is 160. The molecule has 0 aliphatic rings. The highest BCUT2D eigenvalue weighted by atomic mass is 16.5. The Morgan fingerprint density at radius 3 is 2.64 bits per heavy atom. The maximum atomic E-state index is 11.4. The highest BCUT2D eigenvalue weighted by molar-refractivity contribution is 5.75. The molecule has 0 saturated carbocycles. The molecule has 84 valence electrons. The number of nitrogens with zero attached hydrogens (tertiary/aromatic N) is 1. The van der Waals surface area contributed by atoms with Gasteiger partial charge < -0.3 is 15.0 Å². The van der Waals surface area contributed by atoms with Gasteiger partial charge in [-0.15, -0.1) is 0 Å². The summed E-state index contributed by atoms with van der Waals surface area (Å²) in [7, 11) is 3.69. The van der Waals surface area contributed by atoms with E-state index in [9.17, 15) is 4.79 Å². The fourth-order valence-electron chi connectivity index (χ4n) is 0.977. The molecule has 0 spiro atoms. The Kier molecular flexibility index (Phi) is 7.42. The van der Waals surface area contributed by atoms with Crippen LogP contribution in [0, 0.1) is 0 Å². The van der Waals surface area contributed by atoms with Crippen LogP contribution in [0.4, 0.5) is 0 Å². The molecule has 0 saturated heterocycles. The minimum Gasteiger partial charge on any atom is -0.378 e. The Labute approximate surface area is 86.6 Å². The molecule has 0 aromatic heterocycles. The molecule has 0 atom stereocenters. The van der Waals surface area contributed by atoms with E-state index in [1.807, 2.05) is 27.9 Å². The van der Waals surface area contributed by atoms with E-state index in [1.165, 1.54) is 0 Å². The molecule has 4 nitrogen and oxygen atoms in total. The van der Waals surface area contributed by atoms with Gasteiger partial charge in [0.1, 0.15) is 0 Å². The first kappa shape index (κ1) is 13.4. The number of nitrogens with one attached hydrogen (secondary N) is 1. The summed E-state index contributed by atoms with van der Waals surface area (Å²) in [5.74, 6) is 0.140. The Morgan fingerprint density at radius 2 is 2.14 bits per heavy atom. The van der Waals surface area contributed by atoms with Gasteiger partial charge in [-0.05, 0) is 20.9 Å². The number of hydrogen-bond donors (Lipinski definition) is 1. The van der Waals surface area contributed by atoms with Crippen LogP contribution < -0.4 is 5.32 Å². The van der Waals surface area contributed by atoms with Crippen molar-refractivity contribution in [3.63, 3.8) is 0 Å². The predicted molar refractivity (Wildman–Crippen MR) is 57.3 cm³/mol. The highest BCUT2D eigenvalue weighted by Gasteiger charge is 2.07. The molecule has 0 heterocycles. The first-order valence-corrected chi connectivity index (χ1v) is 5.08. The zero-order valence-corrected chi connectivity index (χ0v) is 9.67. The molecule has 0 bridgehead atoms. The third-order valence-electron chi connectivity index (χ3n) is 1.89. The van der Waals surface area contributed by atoms with E-state index in [-0.39, 0.29) is 12.0 Å². The smallest absolute Gasteiger partial charge is 0.224 e. The number of carbonyl (C=O) groups is 1. The fraction of sp³-hybridized carbons (Fsp3) is 0.900. The largest absolute Gasteiger partial charge is 0.378 e. The summed E-state index contributed by atoms with van der Waals surface area (Å²) in [5, 5.41) is 3.00. The molecule has 0 aromatic carbocycles. The van der Waals surface area contributed by atoms with E-state index in [0.29, 0.717) is 13.0 Å². The number of likely N-dealkylation sites (N-methyl/N-ethyl adjacent to an activating group) is 2. The summed E-state index contributed by atoms with van der Waals surface area (Å²) < 4.78 is 5.30. The Morgan fingerprint density at radius 1 is 1.50 bits per heavy atom. The quantitative estimate of drug-likeness (QED) is 0.653. The molecule has 0 aliphatic heterocycles. The van der Waals surface area contributed by atoms with Gasteiger partial charge in [0.2, 0.25) is 5.91 Å². The fourth-order valence-corrected chi connectivity index (χ4v) is 0.977. The zero-order valence-electron chi connectivity index (χ0n) is 9.67. The second kappa shape index (κ2) is 7.76. The van der Waals surface area contributed by atoms with Gasteiger partial charge >= 0.3 is 0 Å². The molecule has 1 amide bonds. The van der Waals surface area contributed by atoms with Crippen molar-refractivity contribution >= 4 is 5.91 Å². The summed E-state index contributed by atoms with van der Waals surface area (Å²) >= 11 is 0. The second-order valence-corrected chi connectivity index (χ2v) is 3.59. The molecule has 1 N–H and O–H groups in total. The summed E-state index contributed by atoms with van der Waals surface area (Å²) in [6.45, 7) is 6.02. The monoisotopic (exact) mass is 202 g/mol. The molecule has 0 rings (SSSR count). The van der Waals surface area contributed by atoms with Crippen molar-refractivity contribution in [1.29, 1.82) is 0 Å². The Hall–Kier alpha value is -0.610. The summed E-state index contributed by atoms with van der Waals surface area (Å²) in [5.41, 5.74) is 0. The predicted octanol–water partition coefficient (Wildman–Crippen LogP) is 0.479. The molecule has 0 fully saturated rings. The van der Waals surface area contributed by atoms with Crippen molar-refractivity contribution in [3.05, 3.63) is 0 Å². The number of rotatable bonds is 7. The highest BCUT2D eigenvalue weighted by Crippen LogP contribution is 1.94. The first-order valence-electron chi connectivity index (χ1n) is 5.08. The first-order chi connectivity index (χ1) is 6.57. The standard InChI is InChI=1S/C10H22N2O2/c1-9(2)14-8-5-10(13)12(4)7-6-11-3/h9,11H,5-8H2,1-4H3. The van der Waals surface area contributed by atoms with Gasteiger partial charge in [0, 0.05) is 20.1 Å². The van der Waals surface area contributed by atoms with Gasteiger partial charge in [-0.2, -0.15) is 0 Å². The van der Waals surface area contributed by atoms with Crippen molar-refractivity contribution in [3.8, 4) is 0 Å². The van der Waals surface area contributed by atoms with Crippen LogP contribution in [0.3, 0.4) is 0 Å². The average molecular weight is 202 g/mol. The molecular formula is C10H22N2O2. The van der Waals surface area contributed by atoms with E-state index in [0.717, 1.165) is 13.1 Å². The van der Waals surface area contributed by atoms with Crippen LogP contribution in [-0.4, -0.2) is 50.7 Å². The lowest BCUT2D eigenvalue weighted by atomic mass is 10.3. The van der Waals surface area contributed by atoms with E-state index < -0.39 is 0 Å². The van der Waals surface area contributed by atoms with Gasteiger partial charge in [-0.1, -0.05) is 0 Å². The normalized spacial score (nSPS) is 10.6. The lowest BCUT2D eigenvalue weighted by Crippen LogP contribution is -2.33. The van der Waals surface area contributed by atoms with Crippen LogP contribution in [0.25, 0.3) is 0 Å². The van der Waals surface area contributed by atoms with Crippen LogP contribution in [0.2, 0.25) is 0 Å². The molecule has 0 unspecified atom stereocenters. The second-order valence-electron chi connectivity index (χ2n) is 3.59. The topological polar surface area (TPSA) is 41.6 Å². The van der Waals surface area contributed by atoms with Crippen molar-refractivity contribution < 1.29 is 9.53 Å². The van der Waals surface area contributed by atoms with Crippen LogP contribution in [-0.2, 0) is 9.53 Å². The van der Waals surface area contributed by atoms with E-state index in [2.05, 4.69) is 5.32 Å². The van der Waals surface area contributed by atoms with Gasteiger partial charge in [-0.25, -0.2) is 0 Å². The molecule has 14 heavy (non-hydrogen) atoms. The van der Waals surface area contributed by atoms with Crippen molar-refractivity contribution in [2.45, 2.75) is 26.4 Å². The number of amides is 1. The van der Waals surface area contributed by atoms with Gasteiger partial charge in [0.05, 0.1) is 19.1 Å². The van der Waals surface area contributed by atoms with Crippen molar-refractivity contribution in [2.24, 2.45) is 0 Å². The molecule has 0 aliphatic carbocycles. The van der Waals surface area contributed by atoms with Crippen molar-refractivity contribution in [1.82, 2.24) is 10.2 Å². The van der Waals surface area contributed by atoms with Gasteiger partial charge in [0.25, 0.3) is 0 Å². The maximum Gasteiger partial charge on any atom is 0.224 e. The molecular weight excluding hydrogens is 180 g/mol. The van der Waals surface area contributed by atoms with Crippen molar-refractivity contribution in [2.75, 3.05) is 33.8 Å². The van der Waals surface area contributed by atoms with Gasteiger partial charge in [0.15, 0.2) is 0 Å². The Balaban J connectivity index is 3.52. The van der Waals surface area contributed by atoms with Gasteiger partial charge in [-0.3, -0.25) is 4.79 Å². The SMILES string of the molecule is CNCCN(C)C(=O)CCOC(C)C.